The summed E-state index contributed by atoms with van der Waals surface area (Å²) >= 11 is 2.84. The number of hydrogen-bond donors (Lipinski definition) is 1. The van der Waals surface area contributed by atoms with Crippen molar-refractivity contribution in [1.82, 2.24) is 9.97 Å². The zero-order valence-corrected chi connectivity index (χ0v) is 10.4. The second kappa shape index (κ2) is 5.18. The Morgan fingerprint density at radius 1 is 1.17 bits per heavy atom. The molecule has 1 aromatic heterocycles. The number of hydrogen-bond acceptors (Lipinski definition) is 3. The second-order valence-corrected chi connectivity index (χ2v) is 4.18. The summed E-state index contributed by atoms with van der Waals surface area (Å²) in [5.41, 5.74) is -0.0928. The van der Waals surface area contributed by atoms with E-state index >= 15 is 0 Å². The van der Waals surface area contributed by atoms with Crippen LogP contribution in [-0.4, -0.2) is 15.9 Å². The van der Waals surface area contributed by atoms with E-state index in [1.54, 1.807) is 0 Å². The number of aromatic nitrogens is 2. The quantitative estimate of drug-likeness (QED) is 0.867. The smallest absolute Gasteiger partial charge is 0.258 e. The van der Waals surface area contributed by atoms with Crippen molar-refractivity contribution in [2.75, 3.05) is 5.32 Å². The lowest BCUT2D eigenvalue weighted by molar-refractivity contribution is 0.102. The van der Waals surface area contributed by atoms with E-state index in [0.717, 1.165) is 12.1 Å². The summed E-state index contributed by atoms with van der Waals surface area (Å²) in [6.07, 6.45) is 3.81. The van der Waals surface area contributed by atoms with Crippen molar-refractivity contribution in [3.63, 3.8) is 0 Å². The lowest BCUT2D eigenvalue weighted by atomic mass is 10.2. The van der Waals surface area contributed by atoms with Gasteiger partial charge in [0.25, 0.3) is 5.91 Å². The second-order valence-electron chi connectivity index (χ2n) is 3.33. The molecule has 2 aromatic rings. The molecule has 0 spiro atoms. The van der Waals surface area contributed by atoms with Crippen LogP contribution in [0, 0.1) is 11.6 Å². The van der Waals surface area contributed by atoms with Crippen LogP contribution in [0.4, 0.5) is 14.5 Å². The summed E-state index contributed by atoms with van der Waals surface area (Å²) in [4.78, 5) is 19.0. The Bertz CT molecular complexity index is 592. The fraction of sp³-hybridized carbons (Fsp3) is 0. The minimum atomic E-state index is -0.742. The van der Waals surface area contributed by atoms with E-state index in [1.807, 2.05) is 0 Å². The van der Waals surface area contributed by atoms with Gasteiger partial charge in [0.1, 0.15) is 18.0 Å². The van der Waals surface area contributed by atoms with Crippen LogP contribution in [0.1, 0.15) is 10.4 Å². The Hall–Kier alpha value is -1.89. The van der Waals surface area contributed by atoms with E-state index in [9.17, 15) is 13.6 Å². The van der Waals surface area contributed by atoms with E-state index in [-0.39, 0.29) is 15.7 Å². The summed E-state index contributed by atoms with van der Waals surface area (Å²) in [5.74, 6) is -2.03. The number of amides is 1. The van der Waals surface area contributed by atoms with Gasteiger partial charge >= 0.3 is 0 Å². The zero-order valence-electron chi connectivity index (χ0n) is 8.82. The van der Waals surface area contributed by atoms with Crippen LogP contribution in [0.2, 0.25) is 0 Å². The average molecular weight is 314 g/mol. The molecule has 0 saturated heterocycles. The lowest BCUT2D eigenvalue weighted by Gasteiger charge is -2.06. The van der Waals surface area contributed by atoms with Crippen molar-refractivity contribution >= 4 is 27.5 Å². The van der Waals surface area contributed by atoms with E-state index < -0.39 is 17.5 Å². The van der Waals surface area contributed by atoms with Gasteiger partial charge in [0.2, 0.25) is 0 Å². The molecule has 7 heteroatoms. The maximum atomic E-state index is 13.5. The Morgan fingerprint density at radius 2 is 1.83 bits per heavy atom. The number of carbonyl (C=O) groups is 1. The largest absolute Gasteiger partial charge is 0.319 e. The Kier molecular flexibility index (Phi) is 3.61. The van der Waals surface area contributed by atoms with Gasteiger partial charge < -0.3 is 5.32 Å². The molecule has 1 amide bonds. The summed E-state index contributed by atoms with van der Waals surface area (Å²) in [6, 6.07) is 1.83. The van der Waals surface area contributed by atoms with Gasteiger partial charge in [-0.2, -0.15) is 0 Å². The molecule has 0 fully saturated rings. The molecule has 18 heavy (non-hydrogen) atoms. The molecule has 0 saturated carbocycles. The minimum Gasteiger partial charge on any atom is -0.319 e. The topological polar surface area (TPSA) is 54.9 Å². The number of rotatable bonds is 2. The first-order valence-electron chi connectivity index (χ1n) is 4.79. The third-order valence-electron chi connectivity index (χ3n) is 2.08. The highest BCUT2D eigenvalue weighted by atomic mass is 79.9. The van der Waals surface area contributed by atoms with Crippen LogP contribution in [0.15, 0.2) is 35.3 Å². The first-order valence-corrected chi connectivity index (χ1v) is 5.58. The molecule has 0 aliphatic carbocycles. The molecule has 92 valence electrons. The predicted octanol–water partition coefficient (Wildman–Crippen LogP) is 2.77. The molecule has 0 radical (unpaired) electrons. The number of nitrogens with one attached hydrogen (secondary N) is 1. The maximum Gasteiger partial charge on any atom is 0.258 e. The van der Waals surface area contributed by atoms with Crippen LogP contribution in [0.25, 0.3) is 0 Å². The monoisotopic (exact) mass is 313 g/mol. The van der Waals surface area contributed by atoms with E-state index in [0.29, 0.717) is 0 Å². The predicted molar refractivity (Wildman–Crippen MR) is 64.0 cm³/mol. The van der Waals surface area contributed by atoms with Gasteiger partial charge in [-0.05, 0) is 22.0 Å². The summed E-state index contributed by atoms with van der Waals surface area (Å²) in [5, 5.41) is 2.24. The van der Waals surface area contributed by atoms with Gasteiger partial charge in [-0.3, -0.25) is 4.79 Å². The molecule has 4 nitrogen and oxygen atoms in total. The average Bonchev–Trinajstić information content (AvgIpc) is 2.37. The van der Waals surface area contributed by atoms with Gasteiger partial charge in [-0.1, -0.05) is 0 Å². The number of nitrogens with zero attached hydrogens (tertiary/aromatic N) is 2. The van der Waals surface area contributed by atoms with Crippen molar-refractivity contribution in [3.05, 3.63) is 52.5 Å². The molecule has 0 aliphatic rings. The molecule has 2 rings (SSSR count). The highest BCUT2D eigenvalue weighted by Crippen LogP contribution is 2.23. The SMILES string of the molecule is O=C(Nc1cc(F)c(Br)cc1F)c1cncnc1. The molecule has 0 unspecified atom stereocenters. The molecular weight excluding hydrogens is 308 g/mol. The normalized spacial score (nSPS) is 10.2. The van der Waals surface area contributed by atoms with Crippen molar-refractivity contribution in [1.29, 1.82) is 0 Å². The third-order valence-corrected chi connectivity index (χ3v) is 2.69. The standard InChI is InChI=1S/C11H6BrF2N3O/c12-7-1-9(14)10(2-8(7)13)17-11(18)6-3-15-5-16-4-6/h1-5H,(H,17,18). The van der Waals surface area contributed by atoms with Crippen molar-refractivity contribution in [2.24, 2.45) is 0 Å². The van der Waals surface area contributed by atoms with Crippen LogP contribution in [0.5, 0.6) is 0 Å². The fourth-order valence-electron chi connectivity index (χ4n) is 1.23. The van der Waals surface area contributed by atoms with Crippen molar-refractivity contribution < 1.29 is 13.6 Å². The van der Waals surface area contributed by atoms with E-state index in [1.165, 1.54) is 18.7 Å². The summed E-state index contributed by atoms with van der Waals surface area (Å²) in [6.45, 7) is 0. The number of anilines is 1. The van der Waals surface area contributed by atoms with Crippen LogP contribution in [0.3, 0.4) is 0 Å². The van der Waals surface area contributed by atoms with Crippen molar-refractivity contribution in [3.8, 4) is 0 Å². The number of halogens is 3. The Balaban J connectivity index is 2.25. The first kappa shape index (κ1) is 12.6. The summed E-state index contributed by atoms with van der Waals surface area (Å²) < 4.78 is 26.7. The zero-order chi connectivity index (χ0) is 13.1. The Labute approximate surface area is 109 Å². The van der Waals surface area contributed by atoms with Gasteiger partial charge in [0, 0.05) is 18.5 Å². The highest BCUT2D eigenvalue weighted by molar-refractivity contribution is 9.10. The molecule has 0 bridgehead atoms. The highest BCUT2D eigenvalue weighted by Gasteiger charge is 2.12. The molecule has 1 heterocycles. The van der Waals surface area contributed by atoms with E-state index in [4.69, 9.17) is 0 Å². The molecular formula is C11H6BrF2N3O. The number of benzene rings is 1. The maximum absolute atomic E-state index is 13.5. The minimum absolute atomic E-state index is 0.0129. The van der Waals surface area contributed by atoms with Gasteiger partial charge in [0.15, 0.2) is 0 Å². The molecule has 1 aromatic carbocycles. The molecule has 0 aliphatic heterocycles. The molecule has 1 N–H and O–H groups in total. The van der Waals surface area contributed by atoms with Crippen LogP contribution >= 0.6 is 15.9 Å². The molecule has 0 atom stereocenters. The van der Waals surface area contributed by atoms with Crippen molar-refractivity contribution in [2.45, 2.75) is 0 Å². The first-order chi connectivity index (χ1) is 8.58. The lowest BCUT2D eigenvalue weighted by Crippen LogP contribution is -2.13. The van der Waals surface area contributed by atoms with Gasteiger partial charge in [0.05, 0.1) is 15.7 Å². The number of carbonyl (C=O) groups excluding carboxylic acids is 1. The third kappa shape index (κ3) is 2.67. The van der Waals surface area contributed by atoms with Gasteiger partial charge in [-0.25, -0.2) is 18.7 Å². The fourth-order valence-corrected chi connectivity index (χ4v) is 1.54. The van der Waals surface area contributed by atoms with Gasteiger partial charge in [-0.15, -0.1) is 0 Å². The Morgan fingerprint density at radius 3 is 2.50 bits per heavy atom. The van der Waals surface area contributed by atoms with E-state index in [2.05, 4.69) is 31.2 Å². The van der Waals surface area contributed by atoms with Crippen LogP contribution in [-0.2, 0) is 0 Å². The summed E-state index contributed by atoms with van der Waals surface area (Å²) in [7, 11) is 0. The van der Waals surface area contributed by atoms with Crippen LogP contribution < -0.4 is 5.32 Å².